The molecule has 0 unspecified atom stereocenters. The monoisotopic (exact) mass is 382 g/mol. The molecule has 1 aromatic heterocycles. The van der Waals surface area contributed by atoms with Crippen molar-refractivity contribution in [1.82, 2.24) is 9.71 Å². The van der Waals surface area contributed by atoms with Gasteiger partial charge in [0.2, 0.25) is 10.0 Å². The normalized spacial score (nSPS) is 11.1. The van der Waals surface area contributed by atoms with E-state index in [0.717, 1.165) is 5.39 Å². The first-order valence-corrected chi connectivity index (χ1v) is 9.69. The van der Waals surface area contributed by atoms with E-state index in [1.165, 1.54) is 12.1 Å². The molecule has 0 saturated heterocycles. The summed E-state index contributed by atoms with van der Waals surface area (Å²) in [5.74, 6) is 1.07. The lowest BCUT2D eigenvalue weighted by Crippen LogP contribution is -2.29. The van der Waals surface area contributed by atoms with Crippen LogP contribution in [0.25, 0.3) is 10.9 Å². The maximum Gasteiger partial charge on any atom is 0.240 e. The van der Waals surface area contributed by atoms with Gasteiger partial charge in [-0.2, -0.15) is 5.26 Å². The number of nitrogens with one attached hydrogen (secondary N) is 2. The van der Waals surface area contributed by atoms with Gasteiger partial charge in [-0.25, -0.2) is 18.1 Å². The second-order valence-corrected chi connectivity index (χ2v) is 7.46. The van der Waals surface area contributed by atoms with Crippen molar-refractivity contribution in [3.8, 4) is 11.8 Å². The van der Waals surface area contributed by atoms with E-state index in [4.69, 9.17) is 4.74 Å². The highest BCUT2D eigenvalue weighted by Gasteiger charge is 2.12. The van der Waals surface area contributed by atoms with Crippen LogP contribution < -0.4 is 14.8 Å². The van der Waals surface area contributed by atoms with Crippen LogP contribution in [0.5, 0.6) is 5.75 Å². The molecule has 7 nitrogen and oxygen atoms in total. The number of benzene rings is 2. The van der Waals surface area contributed by atoms with Gasteiger partial charge in [0, 0.05) is 24.5 Å². The fourth-order valence-electron chi connectivity index (χ4n) is 2.54. The molecule has 0 amide bonds. The number of aromatic nitrogens is 1. The molecule has 3 aromatic rings. The number of pyridine rings is 1. The topological polar surface area (TPSA) is 104 Å². The van der Waals surface area contributed by atoms with Gasteiger partial charge in [-0.05, 0) is 30.3 Å². The average Bonchev–Trinajstić information content (AvgIpc) is 2.70. The Labute approximate surface area is 157 Å². The summed E-state index contributed by atoms with van der Waals surface area (Å²) in [6.07, 6.45) is 0. The second kappa shape index (κ2) is 8.03. The van der Waals surface area contributed by atoms with Crippen molar-refractivity contribution in [2.45, 2.75) is 4.90 Å². The van der Waals surface area contributed by atoms with Crippen LogP contribution in [-0.2, 0) is 10.0 Å². The number of fused-ring (bicyclic) bond motifs is 1. The molecule has 0 aliphatic carbocycles. The highest BCUT2D eigenvalue weighted by atomic mass is 32.2. The lowest BCUT2D eigenvalue weighted by molar-refractivity contribution is 0.415. The van der Waals surface area contributed by atoms with Crippen molar-refractivity contribution in [2.24, 2.45) is 0 Å². The third kappa shape index (κ3) is 4.34. The molecule has 0 saturated carbocycles. The van der Waals surface area contributed by atoms with Crippen LogP contribution in [0, 0.1) is 11.3 Å². The van der Waals surface area contributed by atoms with Gasteiger partial charge in [-0.3, -0.25) is 0 Å². The van der Waals surface area contributed by atoms with E-state index in [1.54, 1.807) is 43.5 Å². The van der Waals surface area contributed by atoms with E-state index in [1.807, 2.05) is 6.07 Å². The zero-order valence-electron chi connectivity index (χ0n) is 14.6. The first-order chi connectivity index (χ1) is 13.0. The summed E-state index contributed by atoms with van der Waals surface area (Å²) in [6.45, 7) is 0.434. The Kier molecular flexibility index (Phi) is 5.54. The number of sulfonamides is 1. The number of rotatable bonds is 7. The minimum absolute atomic E-state index is 0.153. The van der Waals surface area contributed by atoms with Crippen LogP contribution in [0.3, 0.4) is 0 Å². The van der Waals surface area contributed by atoms with E-state index in [0.29, 0.717) is 22.6 Å². The molecule has 138 valence electrons. The van der Waals surface area contributed by atoms with Crippen LogP contribution in [0.4, 0.5) is 5.82 Å². The molecule has 0 radical (unpaired) electrons. The van der Waals surface area contributed by atoms with Crippen molar-refractivity contribution < 1.29 is 13.2 Å². The SMILES string of the molecule is COc1ccc2cc(C#N)c(NCCNS(=O)(=O)c3ccccc3)nc2c1. The number of hydrogen-bond acceptors (Lipinski definition) is 6. The molecule has 8 heteroatoms. The lowest BCUT2D eigenvalue weighted by atomic mass is 10.1. The Hall–Kier alpha value is -3.15. The quantitative estimate of drug-likeness (QED) is 0.609. The highest BCUT2D eigenvalue weighted by Crippen LogP contribution is 2.23. The Morgan fingerprint density at radius 2 is 1.89 bits per heavy atom. The summed E-state index contributed by atoms with van der Waals surface area (Å²) >= 11 is 0. The Bertz CT molecular complexity index is 1090. The Morgan fingerprint density at radius 1 is 1.11 bits per heavy atom. The van der Waals surface area contributed by atoms with E-state index in [-0.39, 0.29) is 18.0 Å². The first-order valence-electron chi connectivity index (χ1n) is 8.21. The maximum atomic E-state index is 12.2. The van der Waals surface area contributed by atoms with Crippen LogP contribution in [0.15, 0.2) is 59.5 Å². The van der Waals surface area contributed by atoms with Crippen LogP contribution in [-0.4, -0.2) is 33.6 Å². The summed E-state index contributed by atoms with van der Waals surface area (Å²) in [5, 5.41) is 13.2. The molecule has 1 heterocycles. The Balaban J connectivity index is 1.70. The van der Waals surface area contributed by atoms with Gasteiger partial charge >= 0.3 is 0 Å². The predicted octanol–water partition coefficient (Wildman–Crippen LogP) is 2.51. The maximum absolute atomic E-state index is 12.2. The molecule has 0 aliphatic heterocycles. The zero-order chi connectivity index (χ0) is 19.3. The van der Waals surface area contributed by atoms with Gasteiger partial charge in [-0.1, -0.05) is 18.2 Å². The third-order valence-corrected chi connectivity index (χ3v) is 5.39. The van der Waals surface area contributed by atoms with Crippen molar-refractivity contribution in [2.75, 3.05) is 25.5 Å². The van der Waals surface area contributed by atoms with Crippen LogP contribution in [0.2, 0.25) is 0 Å². The number of nitrogens with zero attached hydrogens (tertiary/aromatic N) is 2. The highest BCUT2D eigenvalue weighted by molar-refractivity contribution is 7.89. The van der Waals surface area contributed by atoms with Gasteiger partial charge in [0.25, 0.3) is 0 Å². The number of anilines is 1. The second-order valence-electron chi connectivity index (χ2n) is 5.69. The fourth-order valence-corrected chi connectivity index (χ4v) is 3.60. The average molecular weight is 382 g/mol. The van der Waals surface area contributed by atoms with Crippen LogP contribution in [0.1, 0.15) is 5.56 Å². The molecule has 0 aliphatic rings. The molecular formula is C19H18N4O3S. The third-order valence-electron chi connectivity index (χ3n) is 3.91. The van der Waals surface area contributed by atoms with Gasteiger partial charge in [0.15, 0.2) is 0 Å². The van der Waals surface area contributed by atoms with E-state index >= 15 is 0 Å². The van der Waals surface area contributed by atoms with Crippen molar-refractivity contribution >= 4 is 26.7 Å². The predicted molar refractivity (Wildman–Crippen MR) is 103 cm³/mol. The number of hydrogen-bond donors (Lipinski definition) is 2. The molecule has 27 heavy (non-hydrogen) atoms. The van der Waals surface area contributed by atoms with E-state index in [2.05, 4.69) is 21.1 Å². The molecule has 0 atom stereocenters. The molecule has 0 fully saturated rings. The van der Waals surface area contributed by atoms with E-state index in [9.17, 15) is 13.7 Å². The summed E-state index contributed by atoms with van der Waals surface area (Å²) in [4.78, 5) is 4.66. The first kappa shape index (κ1) is 18.6. The number of methoxy groups -OCH3 is 1. The van der Waals surface area contributed by atoms with Gasteiger partial charge in [0.1, 0.15) is 17.6 Å². The van der Waals surface area contributed by atoms with Crippen molar-refractivity contribution in [3.05, 3.63) is 60.2 Å². The standard InChI is InChI=1S/C19H18N4O3S/c1-26-16-8-7-14-11-15(13-20)19(23-18(14)12-16)21-9-10-22-27(24,25)17-5-3-2-4-6-17/h2-8,11-12,22H,9-10H2,1H3,(H,21,23). The molecule has 0 bridgehead atoms. The van der Waals surface area contributed by atoms with Crippen molar-refractivity contribution in [3.63, 3.8) is 0 Å². The minimum atomic E-state index is -3.57. The Morgan fingerprint density at radius 3 is 2.59 bits per heavy atom. The number of nitriles is 1. The summed E-state index contributed by atoms with van der Waals surface area (Å²) in [5.41, 5.74) is 1.07. The molecule has 2 N–H and O–H groups in total. The fraction of sp³-hybridized carbons (Fsp3) is 0.158. The summed E-state index contributed by atoms with van der Waals surface area (Å²) < 4.78 is 32.1. The molecule has 0 spiro atoms. The summed E-state index contributed by atoms with van der Waals surface area (Å²) in [7, 11) is -1.99. The largest absolute Gasteiger partial charge is 0.497 e. The smallest absolute Gasteiger partial charge is 0.240 e. The van der Waals surface area contributed by atoms with Gasteiger partial charge in [0.05, 0.1) is 23.1 Å². The molecular weight excluding hydrogens is 364 g/mol. The van der Waals surface area contributed by atoms with Crippen molar-refractivity contribution in [1.29, 1.82) is 5.26 Å². The number of ether oxygens (including phenoxy) is 1. The molecule has 2 aromatic carbocycles. The molecule has 3 rings (SSSR count). The van der Waals surface area contributed by atoms with E-state index < -0.39 is 10.0 Å². The van der Waals surface area contributed by atoms with Crippen LogP contribution >= 0.6 is 0 Å². The zero-order valence-corrected chi connectivity index (χ0v) is 15.5. The minimum Gasteiger partial charge on any atom is -0.497 e. The van der Waals surface area contributed by atoms with Gasteiger partial charge in [-0.15, -0.1) is 0 Å². The lowest BCUT2D eigenvalue weighted by Gasteiger charge is -2.11. The summed E-state index contributed by atoms with van der Waals surface area (Å²) in [6, 6.07) is 17.4. The van der Waals surface area contributed by atoms with Gasteiger partial charge < -0.3 is 10.1 Å².